The molecular formula is C15H19N5O2S. The number of carbonyl (C=O) groups excluding carboxylic acids is 2. The molecular weight excluding hydrogens is 314 g/mol. The molecule has 0 aliphatic heterocycles. The number of benzene rings is 1. The van der Waals surface area contributed by atoms with Crippen LogP contribution in [0.15, 0.2) is 30.5 Å². The second-order valence-electron chi connectivity index (χ2n) is 4.88. The number of nitrogens with one attached hydrogen (secondary N) is 3. The van der Waals surface area contributed by atoms with Crippen LogP contribution < -0.4 is 21.7 Å². The van der Waals surface area contributed by atoms with Gasteiger partial charge in [0.25, 0.3) is 0 Å². The lowest BCUT2D eigenvalue weighted by Crippen LogP contribution is -2.28. The van der Waals surface area contributed by atoms with Crippen LogP contribution in [0.25, 0.3) is 0 Å². The van der Waals surface area contributed by atoms with Gasteiger partial charge in [-0.15, -0.1) is 11.3 Å². The predicted octanol–water partition coefficient (Wildman–Crippen LogP) is 2.91. The fourth-order valence-corrected chi connectivity index (χ4v) is 2.81. The normalized spacial score (nSPS) is 10.1. The number of thiazole rings is 1. The molecule has 5 N–H and O–H groups in total. The van der Waals surface area contributed by atoms with E-state index in [-0.39, 0.29) is 6.03 Å². The van der Waals surface area contributed by atoms with Crippen molar-refractivity contribution in [2.45, 2.75) is 26.3 Å². The van der Waals surface area contributed by atoms with Gasteiger partial charge in [-0.1, -0.05) is 25.5 Å². The second-order valence-corrected chi connectivity index (χ2v) is 5.99. The number of rotatable bonds is 6. The third kappa shape index (κ3) is 5.59. The highest BCUT2D eigenvalue weighted by molar-refractivity contribution is 7.15. The number of nitrogens with zero attached hydrogens (tertiary/aromatic N) is 1. The highest BCUT2D eigenvalue weighted by atomic mass is 32.1. The first-order valence-electron chi connectivity index (χ1n) is 7.21. The number of urea groups is 2. The lowest BCUT2D eigenvalue weighted by molar-refractivity contribution is 0.251. The number of primary amides is 1. The maximum absolute atomic E-state index is 11.8. The Bertz CT molecular complexity index is 669. The number of aryl methyl sites for hydroxylation is 1. The Labute approximate surface area is 138 Å². The van der Waals surface area contributed by atoms with E-state index in [1.165, 1.54) is 11.3 Å². The van der Waals surface area contributed by atoms with E-state index in [1.807, 2.05) is 0 Å². The molecule has 2 aromatic rings. The first-order chi connectivity index (χ1) is 11.1. The van der Waals surface area contributed by atoms with Crippen molar-refractivity contribution in [3.63, 3.8) is 0 Å². The van der Waals surface area contributed by atoms with Gasteiger partial charge >= 0.3 is 12.1 Å². The summed E-state index contributed by atoms with van der Waals surface area (Å²) in [6, 6.07) is 6.13. The molecule has 0 aliphatic carbocycles. The second kappa shape index (κ2) is 8.14. The van der Waals surface area contributed by atoms with E-state index in [0.717, 1.165) is 23.3 Å². The summed E-state index contributed by atoms with van der Waals surface area (Å²) >= 11 is 1.48. The van der Waals surface area contributed by atoms with Gasteiger partial charge in [-0.2, -0.15) is 0 Å². The quantitative estimate of drug-likeness (QED) is 0.652. The molecule has 0 unspecified atom stereocenters. The lowest BCUT2D eigenvalue weighted by Gasteiger charge is -2.07. The van der Waals surface area contributed by atoms with Gasteiger partial charge in [-0.25, -0.2) is 14.6 Å². The molecule has 122 valence electrons. The highest BCUT2D eigenvalue weighted by Gasteiger charge is 2.06. The van der Waals surface area contributed by atoms with E-state index in [1.54, 1.807) is 30.5 Å². The van der Waals surface area contributed by atoms with Crippen LogP contribution in [-0.4, -0.2) is 17.0 Å². The van der Waals surface area contributed by atoms with Gasteiger partial charge < -0.3 is 16.4 Å². The van der Waals surface area contributed by atoms with Crippen molar-refractivity contribution in [3.05, 3.63) is 40.9 Å². The molecule has 4 amide bonds. The number of amides is 4. The molecule has 0 aliphatic rings. The Morgan fingerprint density at radius 1 is 1.22 bits per heavy atom. The Kier molecular flexibility index (Phi) is 5.93. The molecule has 7 nitrogen and oxygen atoms in total. The maximum atomic E-state index is 11.8. The van der Waals surface area contributed by atoms with E-state index >= 15 is 0 Å². The maximum Gasteiger partial charge on any atom is 0.321 e. The molecule has 1 aromatic carbocycles. The van der Waals surface area contributed by atoms with Gasteiger partial charge in [-0.05, 0) is 24.1 Å². The van der Waals surface area contributed by atoms with Gasteiger partial charge in [-0.3, -0.25) is 5.32 Å². The number of hydrogen-bond acceptors (Lipinski definition) is 4. The molecule has 0 bridgehead atoms. The summed E-state index contributed by atoms with van der Waals surface area (Å²) in [5, 5.41) is 8.53. The van der Waals surface area contributed by atoms with E-state index in [0.29, 0.717) is 17.4 Å². The Balaban J connectivity index is 1.80. The molecule has 2 rings (SSSR count). The van der Waals surface area contributed by atoms with Gasteiger partial charge in [0.1, 0.15) is 0 Å². The largest absolute Gasteiger partial charge is 0.351 e. The summed E-state index contributed by atoms with van der Waals surface area (Å²) in [5.74, 6) is 0. The monoisotopic (exact) mass is 333 g/mol. The average Bonchev–Trinajstić information content (AvgIpc) is 2.93. The summed E-state index contributed by atoms with van der Waals surface area (Å²) in [5.41, 5.74) is 6.55. The van der Waals surface area contributed by atoms with Crippen LogP contribution in [0.2, 0.25) is 0 Å². The van der Waals surface area contributed by atoms with Crippen molar-refractivity contribution in [2.75, 3.05) is 10.6 Å². The number of anilines is 2. The predicted molar refractivity (Wildman–Crippen MR) is 91.6 cm³/mol. The van der Waals surface area contributed by atoms with Crippen LogP contribution in [0.4, 0.5) is 20.4 Å². The Hall–Kier alpha value is -2.61. The molecule has 0 radical (unpaired) electrons. The average molecular weight is 333 g/mol. The third-order valence-electron chi connectivity index (χ3n) is 2.94. The van der Waals surface area contributed by atoms with Gasteiger partial charge in [0.15, 0.2) is 5.13 Å². The number of aromatic nitrogens is 1. The van der Waals surface area contributed by atoms with Crippen molar-refractivity contribution in [1.29, 1.82) is 0 Å². The van der Waals surface area contributed by atoms with E-state index in [2.05, 4.69) is 27.9 Å². The van der Waals surface area contributed by atoms with Crippen LogP contribution in [0, 0.1) is 0 Å². The molecule has 1 heterocycles. The lowest BCUT2D eigenvalue weighted by atomic mass is 10.2. The van der Waals surface area contributed by atoms with Crippen LogP contribution >= 0.6 is 11.3 Å². The first-order valence-corrected chi connectivity index (χ1v) is 8.03. The number of nitrogens with two attached hydrogens (primary N) is 1. The van der Waals surface area contributed by atoms with Crippen molar-refractivity contribution in [2.24, 2.45) is 5.73 Å². The molecule has 0 atom stereocenters. The van der Waals surface area contributed by atoms with Gasteiger partial charge in [0.2, 0.25) is 0 Å². The minimum absolute atomic E-state index is 0.304. The Morgan fingerprint density at radius 2 is 1.96 bits per heavy atom. The van der Waals surface area contributed by atoms with E-state index < -0.39 is 6.03 Å². The van der Waals surface area contributed by atoms with Crippen LogP contribution in [0.5, 0.6) is 0 Å². The van der Waals surface area contributed by atoms with Gasteiger partial charge in [0, 0.05) is 23.3 Å². The molecule has 0 spiro atoms. The van der Waals surface area contributed by atoms with Crippen molar-refractivity contribution in [3.8, 4) is 0 Å². The fourth-order valence-electron chi connectivity index (χ4n) is 1.90. The van der Waals surface area contributed by atoms with Crippen LogP contribution in [0.1, 0.15) is 23.8 Å². The van der Waals surface area contributed by atoms with Crippen molar-refractivity contribution < 1.29 is 9.59 Å². The SMILES string of the molecule is CCCc1cnc(NC(=O)NCc2ccc(NC(N)=O)cc2)s1. The summed E-state index contributed by atoms with van der Waals surface area (Å²) in [4.78, 5) is 27.9. The van der Waals surface area contributed by atoms with Crippen molar-refractivity contribution >= 4 is 34.2 Å². The molecule has 0 fully saturated rings. The number of carbonyl (C=O) groups is 2. The molecule has 8 heteroatoms. The molecule has 0 saturated heterocycles. The summed E-state index contributed by atoms with van der Waals surface area (Å²) in [6.07, 6.45) is 3.80. The minimum atomic E-state index is -0.610. The van der Waals surface area contributed by atoms with E-state index in [4.69, 9.17) is 5.73 Å². The third-order valence-corrected chi connectivity index (χ3v) is 3.92. The first kappa shape index (κ1) is 16.8. The minimum Gasteiger partial charge on any atom is -0.351 e. The summed E-state index contributed by atoms with van der Waals surface area (Å²) < 4.78 is 0. The highest BCUT2D eigenvalue weighted by Crippen LogP contribution is 2.19. The summed E-state index contributed by atoms with van der Waals surface area (Å²) in [6.45, 7) is 2.47. The summed E-state index contributed by atoms with van der Waals surface area (Å²) in [7, 11) is 0. The topological polar surface area (TPSA) is 109 Å². The molecule has 0 saturated carbocycles. The van der Waals surface area contributed by atoms with Crippen molar-refractivity contribution in [1.82, 2.24) is 10.3 Å². The van der Waals surface area contributed by atoms with Crippen LogP contribution in [-0.2, 0) is 13.0 Å². The zero-order valence-electron chi connectivity index (χ0n) is 12.8. The molecule has 23 heavy (non-hydrogen) atoms. The van der Waals surface area contributed by atoms with E-state index in [9.17, 15) is 9.59 Å². The van der Waals surface area contributed by atoms with Gasteiger partial charge in [0.05, 0.1) is 0 Å². The zero-order chi connectivity index (χ0) is 16.7. The number of hydrogen-bond donors (Lipinski definition) is 4. The van der Waals surface area contributed by atoms with Crippen LogP contribution in [0.3, 0.4) is 0 Å². The fraction of sp³-hybridized carbons (Fsp3) is 0.267. The zero-order valence-corrected chi connectivity index (χ0v) is 13.6. The standard InChI is InChI=1S/C15H19N5O2S/c1-2-3-12-9-18-15(23-12)20-14(22)17-8-10-4-6-11(7-5-10)19-13(16)21/h4-7,9H,2-3,8H2,1H3,(H3,16,19,21)(H2,17,18,20,22). The Morgan fingerprint density at radius 3 is 2.61 bits per heavy atom. The molecule has 1 aromatic heterocycles. The smallest absolute Gasteiger partial charge is 0.321 e.